The number of halogens is 2. The van der Waals surface area contributed by atoms with E-state index < -0.39 is 23.6 Å². The van der Waals surface area contributed by atoms with Crippen LogP contribution in [0.15, 0.2) is 18.2 Å². The van der Waals surface area contributed by atoms with E-state index in [0.29, 0.717) is 12.0 Å². The summed E-state index contributed by atoms with van der Waals surface area (Å²) in [7, 11) is 0. The van der Waals surface area contributed by atoms with Crippen molar-refractivity contribution < 1.29 is 19.1 Å². The molecule has 1 saturated carbocycles. The zero-order valence-electron chi connectivity index (χ0n) is 9.32. The molecule has 1 aliphatic carbocycles. The van der Waals surface area contributed by atoms with Crippen molar-refractivity contribution in [2.75, 3.05) is 0 Å². The SMILES string of the molecule is O=C(O)[C@H]1C[C@H]1C(=O)NCc1ccc(F)c(Cl)c1. The Morgan fingerprint density at radius 1 is 1.44 bits per heavy atom. The lowest BCUT2D eigenvalue weighted by Crippen LogP contribution is -2.25. The first-order chi connectivity index (χ1) is 8.49. The van der Waals surface area contributed by atoms with Crippen LogP contribution in [-0.4, -0.2) is 17.0 Å². The molecule has 2 N–H and O–H groups in total. The zero-order chi connectivity index (χ0) is 13.3. The predicted molar refractivity (Wildman–Crippen MR) is 62.5 cm³/mol. The molecule has 0 aliphatic heterocycles. The number of carboxylic acids is 1. The molecule has 0 unspecified atom stereocenters. The van der Waals surface area contributed by atoms with Gasteiger partial charge in [0.05, 0.1) is 16.9 Å². The van der Waals surface area contributed by atoms with E-state index in [9.17, 15) is 14.0 Å². The number of hydrogen-bond acceptors (Lipinski definition) is 2. The lowest BCUT2D eigenvalue weighted by Gasteiger charge is -2.05. The van der Waals surface area contributed by atoms with Crippen molar-refractivity contribution in [3.8, 4) is 0 Å². The van der Waals surface area contributed by atoms with Gasteiger partial charge in [0.2, 0.25) is 5.91 Å². The van der Waals surface area contributed by atoms with E-state index in [4.69, 9.17) is 16.7 Å². The Kier molecular flexibility index (Phi) is 3.52. The summed E-state index contributed by atoms with van der Waals surface area (Å²) in [4.78, 5) is 22.2. The van der Waals surface area contributed by atoms with Gasteiger partial charge >= 0.3 is 5.97 Å². The average Bonchev–Trinajstić information content (AvgIpc) is 3.10. The number of rotatable bonds is 4. The van der Waals surface area contributed by atoms with Crippen molar-refractivity contribution in [3.63, 3.8) is 0 Å². The number of hydrogen-bond donors (Lipinski definition) is 2. The average molecular weight is 272 g/mol. The number of aliphatic carboxylic acids is 1. The van der Waals surface area contributed by atoms with Gasteiger partial charge in [-0.05, 0) is 24.1 Å². The molecule has 1 aromatic carbocycles. The van der Waals surface area contributed by atoms with Crippen LogP contribution in [0.4, 0.5) is 4.39 Å². The topological polar surface area (TPSA) is 66.4 Å². The fraction of sp³-hybridized carbons (Fsp3) is 0.333. The summed E-state index contributed by atoms with van der Waals surface area (Å²) in [6, 6.07) is 4.17. The number of amides is 1. The van der Waals surface area contributed by atoms with Gasteiger partial charge in [0.25, 0.3) is 0 Å². The highest BCUT2D eigenvalue weighted by molar-refractivity contribution is 6.30. The van der Waals surface area contributed by atoms with Gasteiger partial charge in [0.15, 0.2) is 0 Å². The molecule has 1 aromatic rings. The van der Waals surface area contributed by atoms with E-state index in [-0.39, 0.29) is 17.5 Å². The van der Waals surface area contributed by atoms with Gasteiger partial charge in [-0.1, -0.05) is 17.7 Å². The predicted octanol–water partition coefficient (Wildman–Crippen LogP) is 1.82. The lowest BCUT2D eigenvalue weighted by molar-refractivity contribution is -0.140. The fourth-order valence-corrected chi connectivity index (χ4v) is 1.93. The monoisotopic (exact) mass is 271 g/mol. The van der Waals surface area contributed by atoms with Crippen LogP contribution in [0, 0.1) is 17.7 Å². The van der Waals surface area contributed by atoms with E-state index in [1.807, 2.05) is 0 Å². The highest BCUT2D eigenvalue weighted by Gasteiger charge is 2.48. The zero-order valence-corrected chi connectivity index (χ0v) is 10.1. The van der Waals surface area contributed by atoms with Crippen LogP contribution >= 0.6 is 11.6 Å². The first-order valence-corrected chi connectivity index (χ1v) is 5.81. The number of carbonyl (C=O) groups is 2. The van der Waals surface area contributed by atoms with Crippen molar-refractivity contribution in [1.29, 1.82) is 0 Å². The third-order valence-corrected chi connectivity index (χ3v) is 3.18. The number of benzene rings is 1. The third-order valence-electron chi connectivity index (χ3n) is 2.90. The standard InChI is InChI=1S/C12H11ClFNO3/c13-9-3-6(1-2-10(9)14)5-15-11(16)7-4-8(7)12(17)18/h1-3,7-8H,4-5H2,(H,15,16)(H,17,18)/t7-,8+/m1/s1. The second kappa shape index (κ2) is 4.94. The van der Waals surface area contributed by atoms with Crippen LogP contribution < -0.4 is 5.32 Å². The molecule has 2 rings (SSSR count). The molecule has 2 atom stereocenters. The molecule has 0 spiro atoms. The molecule has 1 aliphatic rings. The van der Waals surface area contributed by atoms with Crippen LogP contribution in [0.3, 0.4) is 0 Å². The summed E-state index contributed by atoms with van der Waals surface area (Å²) in [6.07, 6.45) is 0.380. The molecule has 1 amide bonds. The van der Waals surface area contributed by atoms with Crippen LogP contribution in [0.1, 0.15) is 12.0 Å². The van der Waals surface area contributed by atoms with Gasteiger partial charge in [-0.3, -0.25) is 9.59 Å². The van der Waals surface area contributed by atoms with E-state index in [1.54, 1.807) is 0 Å². The van der Waals surface area contributed by atoms with Crippen molar-refractivity contribution in [1.82, 2.24) is 5.32 Å². The highest BCUT2D eigenvalue weighted by Crippen LogP contribution is 2.38. The summed E-state index contributed by atoms with van der Waals surface area (Å²) in [5, 5.41) is 11.3. The number of carboxylic acid groups (broad SMARTS) is 1. The van der Waals surface area contributed by atoms with Crippen molar-refractivity contribution >= 4 is 23.5 Å². The van der Waals surface area contributed by atoms with Gasteiger partial charge in [-0.2, -0.15) is 0 Å². The van der Waals surface area contributed by atoms with Gasteiger partial charge in [-0.25, -0.2) is 4.39 Å². The van der Waals surface area contributed by atoms with Crippen LogP contribution in [-0.2, 0) is 16.1 Å². The van der Waals surface area contributed by atoms with Crippen molar-refractivity contribution in [2.45, 2.75) is 13.0 Å². The molecular weight excluding hydrogens is 261 g/mol. The Balaban J connectivity index is 1.87. The molecule has 4 nitrogen and oxygen atoms in total. The first kappa shape index (κ1) is 12.8. The van der Waals surface area contributed by atoms with Crippen LogP contribution in [0.5, 0.6) is 0 Å². The molecule has 18 heavy (non-hydrogen) atoms. The Morgan fingerprint density at radius 2 is 2.17 bits per heavy atom. The Labute approximate surface area is 108 Å². The third kappa shape index (κ3) is 2.79. The fourth-order valence-electron chi connectivity index (χ4n) is 1.73. The molecule has 0 aromatic heterocycles. The largest absolute Gasteiger partial charge is 0.481 e. The van der Waals surface area contributed by atoms with Gasteiger partial charge in [0, 0.05) is 6.54 Å². The highest BCUT2D eigenvalue weighted by atomic mass is 35.5. The van der Waals surface area contributed by atoms with E-state index in [0.717, 1.165) is 0 Å². The van der Waals surface area contributed by atoms with Crippen molar-refractivity contribution in [2.24, 2.45) is 11.8 Å². The molecule has 0 heterocycles. The Bertz CT molecular complexity index is 506. The summed E-state index contributed by atoms with van der Waals surface area (Å²) >= 11 is 5.60. The summed E-state index contributed by atoms with van der Waals surface area (Å²) in [5.41, 5.74) is 0.669. The minimum absolute atomic E-state index is 0.00316. The smallest absolute Gasteiger partial charge is 0.307 e. The molecule has 0 bridgehead atoms. The minimum atomic E-state index is -0.944. The van der Waals surface area contributed by atoms with Gasteiger partial charge in [0.1, 0.15) is 5.82 Å². The molecule has 0 saturated heterocycles. The Hall–Kier alpha value is -1.62. The molecule has 1 fully saturated rings. The minimum Gasteiger partial charge on any atom is -0.481 e. The quantitative estimate of drug-likeness (QED) is 0.878. The number of carbonyl (C=O) groups excluding carboxylic acids is 1. The maximum Gasteiger partial charge on any atom is 0.307 e. The molecule has 0 radical (unpaired) electrons. The maximum atomic E-state index is 12.9. The van der Waals surface area contributed by atoms with Crippen LogP contribution in [0.25, 0.3) is 0 Å². The van der Waals surface area contributed by atoms with Gasteiger partial charge in [-0.15, -0.1) is 0 Å². The molecular formula is C12H11ClFNO3. The van der Waals surface area contributed by atoms with E-state index >= 15 is 0 Å². The Morgan fingerprint density at radius 3 is 2.72 bits per heavy atom. The summed E-state index contributed by atoms with van der Waals surface area (Å²) < 4.78 is 12.9. The summed E-state index contributed by atoms with van der Waals surface area (Å²) in [5.74, 6) is -2.76. The second-order valence-corrected chi connectivity index (χ2v) is 4.66. The van der Waals surface area contributed by atoms with Crippen molar-refractivity contribution in [3.05, 3.63) is 34.6 Å². The molecule has 6 heteroatoms. The van der Waals surface area contributed by atoms with E-state index in [1.165, 1.54) is 18.2 Å². The maximum absolute atomic E-state index is 12.9. The van der Waals surface area contributed by atoms with Crippen LogP contribution in [0.2, 0.25) is 5.02 Å². The second-order valence-electron chi connectivity index (χ2n) is 4.25. The lowest BCUT2D eigenvalue weighted by atomic mass is 10.2. The molecule has 96 valence electrons. The van der Waals surface area contributed by atoms with Gasteiger partial charge < -0.3 is 10.4 Å². The summed E-state index contributed by atoms with van der Waals surface area (Å²) in [6.45, 7) is 0.210. The first-order valence-electron chi connectivity index (χ1n) is 5.43. The number of nitrogens with one attached hydrogen (secondary N) is 1. The van der Waals surface area contributed by atoms with E-state index in [2.05, 4.69) is 5.32 Å². The normalized spacial score (nSPS) is 21.4.